The summed E-state index contributed by atoms with van der Waals surface area (Å²) in [5, 5.41) is 8.42. The van der Waals surface area contributed by atoms with Gasteiger partial charge < -0.3 is 10.3 Å². The molecule has 1 heterocycles. The molecule has 2 saturated carbocycles. The molecule has 0 aromatic carbocycles. The molecule has 88 valence electrons. The first-order valence-electron chi connectivity index (χ1n) is 6.48. The van der Waals surface area contributed by atoms with Crippen LogP contribution in [0.4, 0.5) is 0 Å². The molecule has 0 spiro atoms. The van der Waals surface area contributed by atoms with Crippen LogP contribution in [-0.4, -0.2) is 21.3 Å². The van der Waals surface area contributed by atoms with Crippen molar-refractivity contribution in [3.05, 3.63) is 12.2 Å². The van der Waals surface area contributed by atoms with E-state index in [-0.39, 0.29) is 0 Å². The number of nitrogens with zero attached hydrogens (tertiary/aromatic N) is 3. The van der Waals surface area contributed by atoms with E-state index >= 15 is 0 Å². The van der Waals surface area contributed by atoms with E-state index in [1.165, 1.54) is 44.3 Å². The smallest absolute Gasteiger partial charge is 0.136 e. The molecule has 1 aromatic heterocycles. The second-order valence-corrected chi connectivity index (χ2v) is 5.28. The van der Waals surface area contributed by atoms with Crippen LogP contribution in [0, 0.1) is 5.92 Å². The van der Waals surface area contributed by atoms with Crippen molar-refractivity contribution in [2.75, 3.05) is 6.54 Å². The average molecular weight is 220 g/mol. The zero-order valence-corrected chi connectivity index (χ0v) is 9.68. The van der Waals surface area contributed by atoms with E-state index in [1.54, 1.807) is 0 Å². The van der Waals surface area contributed by atoms with Crippen molar-refractivity contribution >= 4 is 0 Å². The molecule has 0 amide bonds. The monoisotopic (exact) mass is 220 g/mol. The van der Waals surface area contributed by atoms with Gasteiger partial charge in [0.05, 0.1) is 0 Å². The lowest BCUT2D eigenvalue weighted by molar-refractivity contribution is 0.320. The highest BCUT2D eigenvalue weighted by atomic mass is 15.3. The van der Waals surface area contributed by atoms with Crippen LogP contribution in [0.5, 0.6) is 0 Å². The van der Waals surface area contributed by atoms with E-state index in [0.717, 1.165) is 12.5 Å². The van der Waals surface area contributed by atoms with Gasteiger partial charge in [0.15, 0.2) is 0 Å². The first-order valence-corrected chi connectivity index (χ1v) is 6.48. The Morgan fingerprint density at radius 2 is 1.94 bits per heavy atom. The summed E-state index contributed by atoms with van der Waals surface area (Å²) in [5.41, 5.74) is 5.72. The van der Waals surface area contributed by atoms with Crippen LogP contribution in [0.25, 0.3) is 0 Å². The van der Waals surface area contributed by atoms with E-state index in [1.807, 2.05) is 6.33 Å². The maximum absolute atomic E-state index is 5.72. The van der Waals surface area contributed by atoms with Gasteiger partial charge in [0, 0.05) is 12.0 Å². The lowest BCUT2D eigenvalue weighted by Gasteiger charge is -2.27. The number of hydrogen-bond donors (Lipinski definition) is 1. The van der Waals surface area contributed by atoms with Crippen LogP contribution in [-0.2, 0) is 0 Å². The Balaban J connectivity index is 1.70. The summed E-state index contributed by atoms with van der Waals surface area (Å²) in [4.78, 5) is 0. The SMILES string of the molecule is NCC1CCC(c2nncn2C2CC2)CC1. The molecule has 0 radical (unpaired) electrons. The number of rotatable bonds is 3. The van der Waals surface area contributed by atoms with Gasteiger partial charge in [0.25, 0.3) is 0 Å². The van der Waals surface area contributed by atoms with E-state index in [2.05, 4.69) is 14.8 Å². The van der Waals surface area contributed by atoms with Gasteiger partial charge in [-0.2, -0.15) is 0 Å². The summed E-state index contributed by atoms with van der Waals surface area (Å²) in [6, 6.07) is 0.706. The molecule has 0 bridgehead atoms. The third-order valence-corrected chi connectivity index (χ3v) is 4.09. The van der Waals surface area contributed by atoms with Crippen LogP contribution in [0.3, 0.4) is 0 Å². The summed E-state index contributed by atoms with van der Waals surface area (Å²) < 4.78 is 2.31. The highest BCUT2D eigenvalue weighted by Gasteiger charge is 2.30. The van der Waals surface area contributed by atoms with Crippen molar-refractivity contribution in [3.63, 3.8) is 0 Å². The summed E-state index contributed by atoms with van der Waals surface area (Å²) in [7, 11) is 0. The third-order valence-electron chi connectivity index (χ3n) is 4.09. The number of aromatic nitrogens is 3. The van der Waals surface area contributed by atoms with Crippen LogP contribution in [0.15, 0.2) is 6.33 Å². The minimum atomic E-state index is 0.630. The summed E-state index contributed by atoms with van der Waals surface area (Å²) in [5.74, 6) is 2.61. The summed E-state index contributed by atoms with van der Waals surface area (Å²) in [6.07, 6.45) is 9.55. The second kappa shape index (κ2) is 4.17. The molecular weight excluding hydrogens is 200 g/mol. The lowest BCUT2D eigenvalue weighted by Crippen LogP contribution is -2.22. The number of hydrogen-bond acceptors (Lipinski definition) is 3. The number of nitrogens with two attached hydrogens (primary N) is 1. The fourth-order valence-corrected chi connectivity index (χ4v) is 2.83. The Labute approximate surface area is 96.2 Å². The van der Waals surface area contributed by atoms with Gasteiger partial charge in [-0.1, -0.05) is 0 Å². The molecule has 0 aliphatic heterocycles. The predicted octanol–water partition coefficient (Wildman–Crippen LogP) is 1.85. The van der Waals surface area contributed by atoms with Gasteiger partial charge in [-0.3, -0.25) is 0 Å². The molecule has 3 rings (SSSR count). The molecular formula is C12H20N4. The van der Waals surface area contributed by atoms with Gasteiger partial charge in [-0.15, -0.1) is 10.2 Å². The minimum absolute atomic E-state index is 0.630. The molecule has 2 aliphatic carbocycles. The maximum Gasteiger partial charge on any atom is 0.136 e. The van der Waals surface area contributed by atoms with Crippen molar-refractivity contribution in [2.24, 2.45) is 11.7 Å². The van der Waals surface area contributed by atoms with Crippen molar-refractivity contribution < 1.29 is 0 Å². The molecule has 4 heteroatoms. The third kappa shape index (κ3) is 1.86. The highest BCUT2D eigenvalue weighted by Crippen LogP contribution is 2.40. The first-order chi connectivity index (χ1) is 7.88. The normalized spacial score (nSPS) is 30.6. The van der Waals surface area contributed by atoms with E-state index in [9.17, 15) is 0 Å². The molecule has 16 heavy (non-hydrogen) atoms. The van der Waals surface area contributed by atoms with Crippen molar-refractivity contribution in [3.8, 4) is 0 Å². The second-order valence-electron chi connectivity index (χ2n) is 5.28. The van der Waals surface area contributed by atoms with Crippen LogP contribution >= 0.6 is 0 Å². The van der Waals surface area contributed by atoms with Crippen molar-refractivity contribution in [1.82, 2.24) is 14.8 Å². The van der Waals surface area contributed by atoms with Gasteiger partial charge >= 0.3 is 0 Å². The topological polar surface area (TPSA) is 56.7 Å². The quantitative estimate of drug-likeness (QED) is 0.845. The maximum atomic E-state index is 5.72. The average Bonchev–Trinajstić information content (AvgIpc) is 3.07. The van der Waals surface area contributed by atoms with Crippen molar-refractivity contribution in [2.45, 2.75) is 50.5 Å². The Bertz CT molecular complexity index is 348. The molecule has 0 unspecified atom stereocenters. The molecule has 2 fully saturated rings. The summed E-state index contributed by atoms with van der Waals surface area (Å²) in [6.45, 7) is 0.849. The fraction of sp³-hybridized carbons (Fsp3) is 0.833. The Morgan fingerprint density at radius 3 is 2.56 bits per heavy atom. The zero-order chi connectivity index (χ0) is 11.0. The molecule has 4 nitrogen and oxygen atoms in total. The Morgan fingerprint density at radius 1 is 1.19 bits per heavy atom. The van der Waals surface area contributed by atoms with E-state index < -0.39 is 0 Å². The molecule has 1 aromatic rings. The molecule has 2 aliphatic rings. The van der Waals surface area contributed by atoms with Crippen LogP contribution in [0.2, 0.25) is 0 Å². The van der Waals surface area contributed by atoms with E-state index in [0.29, 0.717) is 12.0 Å². The molecule has 0 saturated heterocycles. The Hall–Kier alpha value is -0.900. The molecule has 2 N–H and O–H groups in total. The highest BCUT2D eigenvalue weighted by molar-refractivity contribution is 5.03. The van der Waals surface area contributed by atoms with Gasteiger partial charge in [-0.05, 0) is 51.0 Å². The zero-order valence-electron chi connectivity index (χ0n) is 9.68. The standard InChI is InChI=1S/C12H20N4/c13-7-9-1-3-10(4-2-9)12-15-14-8-16(12)11-5-6-11/h8-11H,1-7,13H2. The largest absolute Gasteiger partial charge is 0.330 e. The van der Waals surface area contributed by atoms with Crippen LogP contribution in [0.1, 0.15) is 56.3 Å². The Kier molecular flexibility index (Phi) is 2.67. The van der Waals surface area contributed by atoms with Crippen molar-refractivity contribution in [1.29, 1.82) is 0 Å². The first kappa shape index (κ1) is 10.3. The van der Waals surface area contributed by atoms with E-state index in [4.69, 9.17) is 5.73 Å². The van der Waals surface area contributed by atoms with Gasteiger partial charge in [0.1, 0.15) is 12.2 Å². The fourth-order valence-electron chi connectivity index (χ4n) is 2.83. The summed E-state index contributed by atoms with van der Waals surface area (Å²) >= 11 is 0. The lowest BCUT2D eigenvalue weighted by atomic mass is 9.81. The predicted molar refractivity (Wildman–Crippen MR) is 62.0 cm³/mol. The van der Waals surface area contributed by atoms with Gasteiger partial charge in [0.2, 0.25) is 0 Å². The van der Waals surface area contributed by atoms with Crippen LogP contribution < -0.4 is 5.73 Å². The molecule has 0 atom stereocenters. The van der Waals surface area contributed by atoms with Gasteiger partial charge in [-0.25, -0.2) is 0 Å². The minimum Gasteiger partial charge on any atom is -0.330 e.